The largest absolute Gasteiger partial charge is 0.454 e. The molecule has 2 aromatic rings. The van der Waals surface area contributed by atoms with Crippen molar-refractivity contribution in [3.8, 4) is 11.5 Å². The number of hydrogen-bond donors (Lipinski definition) is 1. The summed E-state index contributed by atoms with van der Waals surface area (Å²) in [6.07, 6.45) is 0.771. The minimum atomic E-state index is -0.0574. The second-order valence-corrected chi connectivity index (χ2v) is 4.65. The Morgan fingerprint density at radius 3 is 3.05 bits per heavy atom. The van der Waals surface area contributed by atoms with E-state index in [0.717, 1.165) is 6.42 Å². The Hall–Kier alpha value is -2.44. The van der Waals surface area contributed by atoms with Crippen molar-refractivity contribution in [3.05, 3.63) is 29.6 Å². The first kappa shape index (κ1) is 10.5. The molecule has 7 nitrogen and oxygen atoms in total. The monoisotopic (exact) mass is 258 g/mol. The number of carbonyl (C=O) groups excluding carboxylic acids is 1. The number of nitrogens with zero attached hydrogens (tertiary/aromatic N) is 3. The van der Waals surface area contributed by atoms with Crippen LogP contribution in [0.5, 0.6) is 11.5 Å². The van der Waals surface area contributed by atoms with Crippen molar-refractivity contribution in [1.29, 1.82) is 0 Å². The first-order chi connectivity index (χ1) is 9.33. The summed E-state index contributed by atoms with van der Waals surface area (Å²) in [5.74, 6) is 2.03. The summed E-state index contributed by atoms with van der Waals surface area (Å²) in [7, 11) is 0. The molecule has 1 saturated carbocycles. The van der Waals surface area contributed by atoms with Crippen LogP contribution >= 0.6 is 0 Å². The fourth-order valence-electron chi connectivity index (χ4n) is 2.36. The lowest BCUT2D eigenvalue weighted by Gasteiger charge is -2.01. The third-order valence-electron chi connectivity index (χ3n) is 3.48. The van der Waals surface area contributed by atoms with Gasteiger partial charge in [0.2, 0.25) is 6.79 Å². The molecule has 1 fully saturated rings. The number of H-pyrrole nitrogens is 1. The fourth-order valence-corrected chi connectivity index (χ4v) is 2.36. The molecule has 96 valence electrons. The number of fused-ring (bicyclic) bond motifs is 1. The summed E-state index contributed by atoms with van der Waals surface area (Å²) in [6, 6.07) is 5.26. The molecule has 1 N–H and O–H groups in total. The van der Waals surface area contributed by atoms with Crippen LogP contribution in [-0.2, 0) is 0 Å². The molecule has 2 atom stereocenters. The number of tetrazole rings is 1. The number of nitrogens with one attached hydrogen (secondary N) is 1. The normalized spacial score (nSPS) is 23.4. The summed E-state index contributed by atoms with van der Waals surface area (Å²) in [4.78, 5) is 12.3. The Bertz CT molecular complexity index is 640. The Labute approximate surface area is 107 Å². The van der Waals surface area contributed by atoms with E-state index in [1.807, 2.05) is 0 Å². The van der Waals surface area contributed by atoms with E-state index in [-0.39, 0.29) is 24.4 Å². The highest BCUT2D eigenvalue weighted by atomic mass is 16.7. The molecule has 0 radical (unpaired) electrons. The number of carbonyl (C=O) groups is 1. The van der Waals surface area contributed by atoms with Crippen LogP contribution in [-0.4, -0.2) is 33.2 Å². The zero-order chi connectivity index (χ0) is 12.8. The smallest absolute Gasteiger partial charge is 0.231 e. The number of benzene rings is 1. The van der Waals surface area contributed by atoms with Gasteiger partial charge in [0.1, 0.15) is 0 Å². The number of hydrogen-bond acceptors (Lipinski definition) is 6. The van der Waals surface area contributed by atoms with Crippen molar-refractivity contribution in [2.24, 2.45) is 5.92 Å². The average molecular weight is 258 g/mol. The van der Waals surface area contributed by atoms with Crippen molar-refractivity contribution >= 4 is 5.78 Å². The van der Waals surface area contributed by atoms with Gasteiger partial charge in [-0.15, -0.1) is 10.2 Å². The molecule has 2 heterocycles. The van der Waals surface area contributed by atoms with Crippen LogP contribution in [0, 0.1) is 5.92 Å². The molecule has 0 saturated heterocycles. The lowest BCUT2D eigenvalue weighted by Crippen LogP contribution is -2.03. The van der Waals surface area contributed by atoms with Gasteiger partial charge in [-0.25, -0.2) is 0 Å². The maximum absolute atomic E-state index is 12.3. The van der Waals surface area contributed by atoms with E-state index in [4.69, 9.17) is 9.47 Å². The molecular weight excluding hydrogens is 248 g/mol. The first-order valence-corrected chi connectivity index (χ1v) is 6.00. The van der Waals surface area contributed by atoms with Gasteiger partial charge in [0.25, 0.3) is 0 Å². The summed E-state index contributed by atoms with van der Waals surface area (Å²) < 4.78 is 10.5. The predicted octanol–water partition coefficient (Wildman–Crippen LogP) is 0.915. The molecule has 0 bridgehead atoms. The van der Waals surface area contributed by atoms with Crippen LogP contribution in [0.15, 0.2) is 18.2 Å². The first-order valence-electron chi connectivity index (χ1n) is 6.00. The molecular formula is C12H10N4O3. The van der Waals surface area contributed by atoms with Crippen molar-refractivity contribution in [2.75, 3.05) is 6.79 Å². The molecule has 0 amide bonds. The zero-order valence-electron chi connectivity index (χ0n) is 9.87. The van der Waals surface area contributed by atoms with Gasteiger partial charge in [0.05, 0.1) is 0 Å². The molecule has 2 aliphatic rings. The van der Waals surface area contributed by atoms with Crippen LogP contribution in [0.4, 0.5) is 0 Å². The quantitative estimate of drug-likeness (QED) is 0.823. The van der Waals surface area contributed by atoms with E-state index in [9.17, 15) is 4.79 Å². The van der Waals surface area contributed by atoms with E-state index in [2.05, 4.69) is 20.6 Å². The van der Waals surface area contributed by atoms with E-state index >= 15 is 0 Å². The third kappa shape index (κ3) is 1.66. The minimum absolute atomic E-state index is 0.0574. The third-order valence-corrected chi connectivity index (χ3v) is 3.48. The predicted molar refractivity (Wildman–Crippen MR) is 61.9 cm³/mol. The van der Waals surface area contributed by atoms with E-state index in [0.29, 0.717) is 22.9 Å². The SMILES string of the molecule is O=C(c1ccc2c(c1)OCO2)[C@H]1C[C@@H]1c1nn[nH]n1. The summed E-state index contributed by atoms with van der Waals surface area (Å²) in [5.41, 5.74) is 0.639. The molecule has 1 aromatic carbocycles. The molecule has 1 aliphatic heterocycles. The Morgan fingerprint density at radius 1 is 1.32 bits per heavy atom. The number of aromatic nitrogens is 4. The van der Waals surface area contributed by atoms with Gasteiger partial charge >= 0.3 is 0 Å². The summed E-state index contributed by atoms with van der Waals surface area (Å²) in [6.45, 7) is 0.210. The standard InChI is InChI=1S/C12H10N4O3/c17-11(7-4-8(7)12-13-15-16-14-12)6-1-2-9-10(3-6)19-5-18-9/h1-3,7-8H,4-5H2,(H,13,14,15,16)/t7-,8-/m0/s1. The van der Waals surface area contributed by atoms with E-state index < -0.39 is 0 Å². The van der Waals surface area contributed by atoms with Crippen molar-refractivity contribution in [1.82, 2.24) is 20.6 Å². The van der Waals surface area contributed by atoms with Gasteiger partial charge in [0, 0.05) is 17.4 Å². The zero-order valence-corrected chi connectivity index (χ0v) is 9.87. The highest BCUT2D eigenvalue weighted by Crippen LogP contribution is 2.48. The number of rotatable bonds is 3. The fraction of sp³-hybridized carbons (Fsp3) is 0.333. The van der Waals surface area contributed by atoms with Gasteiger partial charge < -0.3 is 9.47 Å². The molecule has 1 aliphatic carbocycles. The number of Topliss-reactive ketones (excluding diaryl/α,β-unsaturated/α-hetero) is 1. The van der Waals surface area contributed by atoms with E-state index in [1.165, 1.54) is 0 Å². The molecule has 0 spiro atoms. The Morgan fingerprint density at radius 2 is 2.21 bits per heavy atom. The topological polar surface area (TPSA) is 90.0 Å². The van der Waals surface area contributed by atoms with Gasteiger partial charge in [-0.2, -0.15) is 5.21 Å². The number of ketones is 1. The molecule has 1 aromatic heterocycles. The maximum Gasteiger partial charge on any atom is 0.231 e. The van der Waals surface area contributed by atoms with Gasteiger partial charge in [-0.05, 0) is 24.6 Å². The lowest BCUT2D eigenvalue weighted by atomic mass is 10.1. The van der Waals surface area contributed by atoms with Crippen LogP contribution in [0.25, 0.3) is 0 Å². The highest BCUT2D eigenvalue weighted by Gasteiger charge is 2.46. The molecule has 19 heavy (non-hydrogen) atoms. The summed E-state index contributed by atoms with van der Waals surface area (Å²) >= 11 is 0. The lowest BCUT2D eigenvalue weighted by molar-refractivity contribution is 0.0964. The Balaban J connectivity index is 1.56. The second-order valence-electron chi connectivity index (χ2n) is 4.65. The minimum Gasteiger partial charge on any atom is -0.454 e. The van der Waals surface area contributed by atoms with Gasteiger partial charge in [-0.3, -0.25) is 4.79 Å². The van der Waals surface area contributed by atoms with Gasteiger partial charge in [-0.1, -0.05) is 5.21 Å². The Kier molecular flexibility index (Phi) is 2.08. The van der Waals surface area contributed by atoms with Crippen LogP contribution < -0.4 is 9.47 Å². The molecule has 0 unspecified atom stereocenters. The van der Waals surface area contributed by atoms with Crippen LogP contribution in [0.2, 0.25) is 0 Å². The van der Waals surface area contributed by atoms with Crippen molar-refractivity contribution in [2.45, 2.75) is 12.3 Å². The summed E-state index contributed by atoms with van der Waals surface area (Å²) in [5, 5.41) is 13.8. The number of ether oxygens (including phenoxy) is 2. The van der Waals surface area contributed by atoms with Crippen LogP contribution in [0.3, 0.4) is 0 Å². The number of aromatic amines is 1. The average Bonchev–Trinajstić information content (AvgIpc) is 2.89. The van der Waals surface area contributed by atoms with Crippen molar-refractivity contribution in [3.63, 3.8) is 0 Å². The highest BCUT2D eigenvalue weighted by molar-refractivity contribution is 6.00. The van der Waals surface area contributed by atoms with Gasteiger partial charge in [0.15, 0.2) is 23.1 Å². The maximum atomic E-state index is 12.3. The molecule has 7 heteroatoms. The second kappa shape index (κ2) is 3.78. The molecule has 4 rings (SSSR count). The van der Waals surface area contributed by atoms with Crippen LogP contribution in [0.1, 0.15) is 28.5 Å². The van der Waals surface area contributed by atoms with Crippen molar-refractivity contribution < 1.29 is 14.3 Å². The van der Waals surface area contributed by atoms with E-state index in [1.54, 1.807) is 18.2 Å².